The van der Waals surface area contributed by atoms with Gasteiger partial charge >= 0.3 is 5.51 Å². The molecule has 142 valence electrons. The van der Waals surface area contributed by atoms with Crippen LogP contribution in [0.15, 0.2) is 22.9 Å². The summed E-state index contributed by atoms with van der Waals surface area (Å²) in [4.78, 5) is 10.3. The molecular formula is C15H15BrF4N4OS. The van der Waals surface area contributed by atoms with Crippen molar-refractivity contribution in [2.45, 2.75) is 18.3 Å². The lowest BCUT2D eigenvalue weighted by Crippen LogP contribution is -2.42. The zero-order valence-electron chi connectivity index (χ0n) is 13.4. The largest absolute Gasteiger partial charge is 0.485 e. The van der Waals surface area contributed by atoms with Gasteiger partial charge in [0.2, 0.25) is 0 Å². The van der Waals surface area contributed by atoms with Gasteiger partial charge in [0.25, 0.3) is 0 Å². The highest BCUT2D eigenvalue weighted by molar-refractivity contribution is 9.10. The summed E-state index contributed by atoms with van der Waals surface area (Å²) < 4.78 is 64.4. The van der Waals surface area contributed by atoms with Gasteiger partial charge in [-0.05, 0) is 46.8 Å². The maximum absolute atomic E-state index is 13.9. The SMILES string of the molecule is O=S(NCC1CCCN(c2ncnc3cc(Br)c(F)cc23)C1)C(F)(F)F. The van der Waals surface area contributed by atoms with E-state index in [-0.39, 0.29) is 12.5 Å². The predicted octanol–water partition coefficient (Wildman–Crippen LogP) is 3.52. The van der Waals surface area contributed by atoms with Crippen molar-refractivity contribution in [3.8, 4) is 0 Å². The van der Waals surface area contributed by atoms with E-state index < -0.39 is 22.3 Å². The Morgan fingerprint density at radius 3 is 2.85 bits per heavy atom. The molecule has 0 radical (unpaired) electrons. The number of alkyl halides is 3. The molecule has 0 aliphatic carbocycles. The molecule has 2 unspecified atom stereocenters. The topological polar surface area (TPSA) is 58.1 Å². The molecule has 1 aromatic carbocycles. The molecule has 5 nitrogen and oxygen atoms in total. The van der Waals surface area contributed by atoms with E-state index in [1.807, 2.05) is 9.62 Å². The van der Waals surface area contributed by atoms with Crippen molar-refractivity contribution in [1.29, 1.82) is 0 Å². The van der Waals surface area contributed by atoms with Crippen LogP contribution in [-0.2, 0) is 11.0 Å². The molecule has 1 saturated heterocycles. The Hall–Kier alpha value is -1.33. The number of anilines is 1. The summed E-state index contributed by atoms with van der Waals surface area (Å²) in [5.74, 6) is -0.0206. The molecule has 2 atom stereocenters. The van der Waals surface area contributed by atoms with Gasteiger partial charge in [-0.3, -0.25) is 0 Å². The van der Waals surface area contributed by atoms with Gasteiger partial charge in [0.05, 0.1) is 9.99 Å². The molecule has 11 heteroatoms. The second-order valence-electron chi connectivity index (χ2n) is 6.00. The Labute approximate surface area is 157 Å². The highest BCUT2D eigenvalue weighted by atomic mass is 79.9. The lowest BCUT2D eigenvalue weighted by atomic mass is 9.98. The number of rotatable bonds is 4. The third kappa shape index (κ3) is 4.32. The number of fused-ring (bicyclic) bond motifs is 1. The minimum atomic E-state index is -4.78. The van der Waals surface area contributed by atoms with Gasteiger partial charge in [0.1, 0.15) is 18.0 Å². The van der Waals surface area contributed by atoms with Crippen LogP contribution in [0.2, 0.25) is 0 Å². The van der Waals surface area contributed by atoms with Gasteiger partial charge in [-0.1, -0.05) is 0 Å². The van der Waals surface area contributed by atoms with E-state index in [1.165, 1.54) is 12.4 Å². The fraction of sp³-hybridized carbons (Fsp3) is 0.467. The average Bonchev–Trinajstić information content (AvgIpc) is 2.59. The van der Waals surface area contributed by atoms with Crippen LogP contribution in [0.25, 0.3) is 10.9 Å². The van der Waals surface area contributed by atoms with E-state index in [4.69, 9.17) is 0 Å². The summed E-state index contributed by atoms with van der Waals surface area (Å²) in [6, 6.07) is 2.90. The van der Waals surface area contributed by atoms with Gasteiger partial charge in [-0.2, -0.15) is 13.2 Å². The molecule has 0 amide bonds. The van der Waals surface area contributed by atoms with Crippen LogP contribution in [0.1, 0.15) is 12.8 Å². The molecule has 1 aliphatic heterocycles. The molecule has 2 aromatic rings. The third-order valence-corrected chi connectivity index (χ3v) is 5.65. The molecule has 2 heterocycles. The highest BCUT2D eigenvalue weighted by Gasteiger charge is 2.37. The zero-order chi connectivity index (χ0) is 18.9. The predicted molar refractivity (Wildman–Crippen MR) is 94.3 cm³/mol. The summed E-state index contributed by atoms with van der Waals surface area (Å²) in [6.45, 7) is 1.07. The second-order valence-corrected chi connectivity index (χ2v) is 8.14. The smallest absolute Gasteiger partial charge is 0.356 e. The Balaban J connectivity index is 1.77. The van der Waals surface area contributed by atoms with Crippen molar-refractivity contribution in [3.05, 3.63) is 28.7 Å². The average molecular weight is 455 g/mol. The van der Waals surface area contributed by atoms with Gasteiger partial charge in [0.15, 0.2) is 11.0 Å². The van der Waals surface area contributed by atoms with Crippen molar-refractivity contribution < 1.29 is 21.8 Å². The van der Waals surface area contributed by atoms with Gasteiger partial charge in [0, 0.05) is 25.0 Å². The van der Waals surface area contributed by atoms with Gasteiger partial charge < -0.3 is 4.90 Å². The first-order valence-electron chi connectivity index (χ1n) is 7.82. The summed E-state index contributed by atoms with van der Waals surface area (Å²) in [5, 5.41) is 0.542. The molecule has 1 fully saturated rings. The fourth-order valence-corrected chi connectivity index (χ4v) is 3.87. The molecule has 0 spiro atoms. The van der Waals surface area contributed by atoms with E-state index in [1.54, 1.807) is 6.07 Å². The number of nitrogens with zero attached hydrogens (tertiary/aromatic N) is 3. The van der Waals surface area contributed by atoms with Crippen LogP contribution in [0.4, 0.5) is 23.4 Å². The number of piperidine rings is 1. The molecular weight excluding hydrogens is 440 g/mol. The summed E-state index contributed by atoms with van der Waals surface area (Å²) >= 11 is 3.12. The fourth-order valence-electron chi connectivity index (χ4n) is 2.99. The molecule has 0 saturated carbocycles. The molecule has 3 rings (SSSR count). The van der Waals surface area contributed by atoms with E-state index in [0.29, 0.717) is 40.7 Å². The van der Waals surface area contributed by atoms with E-state index >= 15 is 0 Å². The molecule has 1 N–H and O–H groups in total. The normalized spacial score (nSPS) is 19.7. The first-order valence-corrected chi connectivity index (χ1v) is 9.77. The van der Waals surface area contributed by atoms with Crippen molar-refractivity contribution in [1.82, 2.24) is 14.7 Å². The maximum atomic E-state index is 13.9. The van der Waals surface area contributed by atoms with Crippen LogP contribution in [-0.4, -0.2) is 39.3 Å². The molecule has 1 aromatic heterocycles. The van der Waals surface area contributed by atoms with E-state index in [9.17, 15) is 21.8 Å². The van der Waals surface area contributed by atoms with Crippen molar-refractivity contribution in [3.63, 3.8) is 0 Å². The second kappa shape index (κ2) is 7.73. The quantitative estimate of drug-likeness (QED) is 0.718. The minimum absolute atomic E-state index is 0.0223. The van der Waals surface area contributed by atoms with E-state index in [2.05, 4.69) is 25.9 Å². The number of aromatic nitrogens is 2. The standard InChI is InChI=1S/C15H15BrF4N4OS/c16-11-5-13-10(4-12(11)17)14(22-8-21-13)24-3-1-2-9(7-24)6-23-26(25)15(18,19)20/h4-5,8-9,23H,1-3,6-7H2. The molecule has 0 bridgehead atoms. The number of hydrogen-bond acceptors (Lipinski definition) is 4. The monoisotopic (exact) mass is 454 g/mol. The lowest BCUT2D eigenvalue weighted by Gasteiger charge is -2.34. The minimum Gasteiger partial charge on any atom is -0.356 e. The van der Waals surface area contributed by atoms with Gasteiger partial charge in [-0.15, -0.1) is 0 Å². The first-order chi connectivity index (χ1) is 12.3. The van der Waals surface area contributed by atoms with Crippen LogP contribution in [0.5, 0.6) is 0 Å². The zero-order valence-corrected chi connectivity index (χ0v) is 15.8. The number of benzene rings is 1. The molecule has 1 aliphatic rings. The number of halogens is 5. The first kappa shape index (κ1) is 19.4. The van der Waals surface area contributed by atoms with Crippen LogP contribution in [0, 0.1) is 11.7 Å². The third-order valence-electron chi connectivity index (χ3n) is 4.19. The Bertz CT molecular complexity index is 835. The lowest BCUT2D eigenvalue weighted by molar-refractivity contribution is -0.0395. The summed E-state index contributed by atoms with van der Waals surface area (Å²) in [5.41, 5.74) is -4.20. The van der Waals surface area contributed by atoms with Crippen LogP contribution < -0.4 is 9.62 Å². The summed E-state index contributed by atoms with van der Waals surface area (Å²) in [6.07, 6.45) is 2.83. The van der Waals surface area contributed by atoms with Crippen molar-refractivity contribution in [2.75, 3.05) is 24.5 Å². The number of nitrogens with one attached hydrogen (secondary N) is 1. The maximum Gasteiger partial charge on any atom is 0.485 e. The number of hydrogen-bond donors (Lipinski definition) is 1. The highest BCUT2D eigenvalue weighted by Crippen LogP contribution is 2.30. The van der Waals surface area contributed by atoms with Crippen molar-refractivity contribution in [2.24, 2.45) is 5.92 Å². The van der Waals surface area contributed by atoms with Crippen LogP contribution >= 0.6 is 15.9 Å². The van der Waals surface area contributed by atoms with Crippen LogP contribution in [0.3, 0.4) is 0 Å². The Morgan fingerprint density at radius 1 is 1.35 bits per heavy atom. The summed E-state index contributed by atoms with van der Waals surface area (Å²) in [7, 11) is -3.07. The molecule has 26 heavy (non-hydrogen) atoms. The van der Waals surface area contributed by atoms with Crippen molar-refractivity contribution >= 4 is 43.6 Å². The Kier molecular flexibility index (Phi) is 5.78. The van der Waals surface area contributed by atoms with Gasteiger partial charge in [-0.25, -0.2) is 23.3 Å². The Morgan fingerprint density at radius 2 is 2.12 bits per heavy atom. The van der Waals surface area contributed by atoms with E-state index in [0.717, 1.165) is 6.42 Å².